The third kappa shape index (κ3) is 4.42. The SMILES string of the molecule is CCNC(=O)c1ccc(NC(CO)COC)c(N)c1. The van der Waals surface area contributed by atoms with Gasteiger partial charge in [-0.2, -0.15) is 0 Å². The van der Waals surface area contributed by atoms with E-state index in [9.17, 15) is 9.90 Å². The van der Waals surface area contributed by atoms with E-state index in [2.05, 4.69) is 10.6 Å². The van der Waals surface area contributed by atoms with Gasteiger partial charge in [0.1, 0.15) is 0 Å². The van der Waals surface area contributed by atoms with Crippen molar-refractivity contribution in [3.63, 3.8) is 0 Å². The van der Waals surface area contributed by atoms with Crippen LogP contribution in [0, 0.1) is 0 Å². The van der Waals surface area contributed by atoms with Gasteiger partial charge < -0.3 is 26.2 Å². The van der Waals surface area contributed by atoms with Crippen LogP contribution in [0.4, 0.5) is 11.4 Å². The van der Waals surface area contributed by atoms with Crippen molar-refractivity contribution in [2.24, 2.45) is 0 Å². The van der Waals surface area contributed by atoms with Gasteiger partial charge in [0.25, 0.3) is 5.91 Å². The topological polar surface area (TPSA) is 96.6 Å². The van der Waals surface area contributed by atoms with Crippen LogP contribution in [-0.4, -0.2) is 43.9 Å². The van der Waals surface area contributed by atoms with Crippen LogP contribution in [0.25, 0.3) is 0 Å². The Morgan fingerprint density at radius 3 is 2.79 bits per heavy atom. The van der Waals surface area contributed by atoms with Crippen LogP contribution in [-0.2, 0) is 4.74 Å². The highest BCUT2D eigenvalue weighted by atomic mass is 16.5. The molecular weight excluding hydrogens is 246 g/mol. The molecule has 6 nitrogen and oxygen atoms in total. The van der Waals surface area contributed by atoms with Gasteiger partial charge in [0, 0.05) is 19.2 Å². The Kier molecular flexibility index (Phi) is 6.11. The van der Waals surface area contributed by atoms with E-state index in [1.165, 1.54) is 0 Å². The van der Waals surface area contributed by atoms with E-state index >= 15 is 0 Å². The van der Waals surface area contributed by atoms with Crippen LogP contribution in [0.1, 0.15) is 17.3 Å². The molecule has 0 heterocycles. The maximum Gasteiger partial charge on any atom is 0.251 e. The number of hydrogen-bond acceptors (Lipinski definition) is 5. The molecule has 0 aliphatic rings. The molecule has 0 aliphatic carbocycles. The van der Waals surface area contributed by atoms with Crippen molar-refractivity contribution >= 4 is 17.3 Å². The number of aliphatic hydroxyl groups excluding tert-OH is 1. The van der Waals surface area contributed by atoms with Crippen LogP contribution in [0.5, 0.6) is 0 Å². The van der Waals surface area contributed by atoms with Crippen molar-refractivity contribution in [3.05, 3.63) is 23.8 Å². The number of carbonyl (C=O) groups excluding carboxylic acids is 1. The summed E-state index contributed by atoms with van der Waals surface area (Å²) in [6.45, 7) is 2.73. The van der Waals surface area contributed by atoms with E-state index in [-0.39, 0.29) is 18.6 Å². The number of carbonyl (C=O) groups is 1. The van der Waals surface area contributed by atoms with Gasteiger partial charge in [0.2, 0.25) is 0 Å². The molecule has 1 rings (SSSR count). The summed E-state index contributed by atoms with van der Waals surface area (Å²) < 4.78 is 4.97. The van der Waals surface area contributed by atoms with E-state index < -0.39 is 0 Å². The summed E-state index contributed by atoms with van der Waals surface area (Å²) in [5, 5.41) is 14.9. The zero-order valence-corrected chi connectivity index (χ0v) is 11.3. The van der Waals surface area contributed by atoms with E-state index in [1.807, 2.05) is 6.92 Å². The van der Waals surface area contributed by atoms with E-state index in [4.69, 9.17) is 10.5 Å². The number of amides is 1. The predicted octanol–water partition coefficient (Wildman–Crippen LogP) is 0.438. The van der Waals surface area contributed by atoms with Gasteiger partial charge in [-0.25, -0.2) is 0 Å². The molecule has 1 amide bonds. The van der Waals surface area contributed by atoms with Crippen molar-refractivity contribution in [1.29, 1.82) is 0 Å². The largest absolute Gasteiger partial charge is 0.397 e. The van der Waals surface area contributed by atoms with Gasteiger partial charge >= 0.3 is 0 Å². The number of benzene rings is 1. The number of nitrogen functional groups attached to an aromatic ring is 1. The lowest BCUT2D eigenvalue weighted by atomic mass is 10.1. The second-order valence-electron chi connectivity index (χ2n) is 4.14. The summed E-state index contributed by atoms with van der Waals surface area (Å²) in [6, 6.07) is 4.78. The quantitative estimate of drug-likeness (QED) is 0.537. The Morgan fingerprint density at radius 1 is 1.53 bits per heavy atom. The lowest BCUT2D eigenvalue weighted by molar-refractivity contribution is 0.0956. The van der Waals surface area contributed by atoms with E-state index in [0.717, 1.165) is 0 Å². The molecule has 0 fully saturated rings. The number of anilines is 2. The fourth-order valence-electron chi connectivity index (χ4n) is 1.66. The average Bonchev–Trinajstić information content (AvgIpc) is 2.40. The number of nitrogens with one attached hydrogen (secondary N) is 2. The molecule has 1 unspecified atom stereocenters. The fourth-order valence-corrected chi connectivity index (χ4v) is 1.66. The monoisotopic (exact) mass is 267 g/mol. The Bertz CT molecular complexity index is 424. The molecular formula is C13H21N3O3. The summed E-state index contributed by atoms with van der Waals surface area (Å²) in [6.07, 6.45) is 0. The Hall–Kier alpha value is -1.79. The second kappa shape index (κ2) is 7.60. The first kappa shape index (κ1) is 15.3. The third-order valence-electron chi connectivity index (χ3n) is 2.60. The van der Waals surface area contributed by atoms with Gasteiger partial charge in [-0.3, -0.25) is 4.79 Å². The molecule has 0 aromatic heterocycles. The maximum absolute atomic E-state index is 11.6. The minimum atomic E-state index is -0.234. The first-order valence-corrected chi connectivity index (χ1v) is 6.16. The molecule has 0 bridgehead atoms. The summed E-state index contributed by atoms with van der Waals surface area (Å²) >= 11 is 0. The normalized spacial score (nSPS) is 11.9. The van der Waals surface area contributed by atoms with Gasteiger partial charge in [-0.15, -0.1) is 0 Å². The summed E-state index contributed by atoms with van der Waals surface area (Å²) in [4.78, 5) is 11.6. The molecule has 0 radical (unpaired) electrons. The van der Waals surface area contributed by atoms with Crippen LogP contribution in [0.3, 0.4) is 0 Å². The number of nitrogens with two attached hydrogens (primary N) is 1. The van der Waals surface area contributed by atoms with Crippen molar-refractivity contribution in [3.8, 4) is 0 Å². The molecule has 19 heavy (non-hydrogen) atoms. The average molecular weight is 267 g/mol. The number of methoxy groups -OCH3 is 1. The highest BCUT2D eigenvalue weighted by Gasteiger charge is 2.11. The number of hydrogen-bond donors (Lipinski definition) is 4. The van der Waals surface area contributed by atoms with Crippen molar-refractivity contribution in [2.45, 2.75) is 13.0 Å². The molecule has 0 saturated carbocycles. The first-order valence-electron chi connectivity index (χ1n) is 6.16. The van der Waals surface area contributed by atoms with E-state index in [1.54, 1.807) is 25.3 Å². The molecule has 0 aliphatic heterocycles. The number of aliphatic hydroxyl groups is 1. The number of rotatable bonds is 7. The smallest absolute Gasteiger partial charge is 0.251 e. The number of ether oxygens (including phenoxy) is 1. The molecule has 0 spiro atoms. The highest BCUT2D eigenvalue weighted by molar-refractivity contribution is 5.96. The standard InChI is InChI=1S/C13H21N3O3/c1-3-15-13(18)9-4-5-12(11(14)6-9)16-10(7-17)8-19-2/h4-6,10,16-17H,3,7-8,14H2,1-2H3,(H,15,18). The van der Waals surface area contributed by atoms with E-state index in [0.29, 0.717) is 30.1 Å². The van der Waals surface area contributed by atoms with Gasteiger partial charge in [-0.05, 0) is 25.1 Å². The second-order valence-corrected chi connectivity index (χ2v) is 4.14. The first-order chi connectivity index (χ1) is 9.12. The lowest BCUT2D eigenvalue weighted by Crippen LogP contribution is -2.29. The van der Waals surface area contributed by atoms with Crippen LogP contribution in [0.2, 0.25) is 0 Å². The molecule has 5 N–H and O–H groups in total. The van der Waals surface area contributed by atoms with Crippen LogP contribution in [0.15, 0.2) is 18.2 Å². The lowest BCUT2D eigenvalue weighted by Gasteiger charge is -2.18. The Balaban J connectivity index is 2.79. The summed E-state index contributed by atoms with van der Waals surface area (Å²) in [5.41, 5.74) is 7.53. The van der Waals surface area contributed by atoms with Crippen molar-refractivity contribution < 1.29 is 14.6 Å². The minimum absolute atomic E-state index is 0.0641. The molecule has 1 aromatic rings. The van der Waals surface area contributed by atoms with Crippen molar-refractivity contribution in [2.75, 3.05) is 37.9 Å². The highest BCUT2D eigenvalue weighted by Crippen LogP contribution is 2.20. The molecule has 0 saturated heterocycles. The van der Waals surface area contributed by atoms with Crippen LogP contribution >= 0.6 is 0 Å². The molecule has 1 atom stereocenters. The summed E-state index contributed by atoms with van der Waals surface area (Å²) in [7, 11) is 1.56. The third-order valence-corrected chi connectivity index (χ3v) is 2.60. The van der Waals surface area contributed by atoms with Gasteiger partial charge in [0.05, 0.1) is 30.6 Å². The zero-order chi connectivity index (χ0) is 14.3. The van der Waals surface area contributed by atoms with Crippen molar-refractivity contribution in [1.82, 2.24) is 5.32 Å². The maximum atomic E-state index is 11.6. The fraction of sp³-hybridized carbons (Fsp3) is 0.462. The molecule has 1 aromatic carbocycles. The minimum Gasteiger partial charge on any atom is -0.397 e. The Labute approximate surface area is 112 Å². The van der Waals surface area contributed by atoms with Gasteiger partial charge in [-0.1, -0.05) is 0 Å². The Morgan fingerprint density at radius 2 is 2.26 bits per heavy atom. The van der Waals surface area contributed by atoms with Gasteiger partial charge in [0.15, 0.2) is 0 Å². The molecule has 106 valence electrons. The van der Waals surface area contributed by atoms with Crippen LogP contribution < -0.4 is 16.4 Å². The zero-order valence-electron chi connectivity index (χ0n) is 11.3. The summed E-state index contributed by atoms with van der Waals surface area (Å²) in [5.74, 6) is -0.156. The predicted molar refractivity (Wildman–Crippen MR) is 75.2 cm³/mol. The molecule has 6 heteroatoms.